The maximum Gasteiger partial charge on any atom is 0.164 e. The summed E-state index contributed by atoms with van der Waals surface area (Å²) in [6.45, 7) is 0. The van der Waals surface area contributed by atoms with E-state index in [-0.39, 0.29) is 0 Å². The zero-order chi connectivity index (χ0) is 33.0. The number of thiophene rings is 1. The van der Waals surface area contributed by atoms with E-state index in [2.05, 4.69) is 102 Å². The number of hydrogen-bond donors (Lipinski definition) is 0. The molecule has 0 fully saturated rings. The first kappa shape index (κ1) is 28.8. The number of nitrogens with zero attached hydrogens (tertiary/aromatic N) is 4. The number of hydrogen-bond acceptors (Lipinski definition) is 4. The molecule has 0 aliphatic heterocycles. The van der Waals surface area contributed by atoms with Gasteiger partial charge in [0.05, 0.1) is 15.9 Å². The second-order valence-corrected chi connectivity index (χ2v) is 13.8. The first-order valence-corrected chi connectivity index (χ1v) is 17.8. The highest BCUT2D eigenvalue weighted by Gasteiger charge is 2.22. The van der Waals surface area contributed by atoms with Crippen molar-refractivity contribution in [3.8, 4) is 51.0 Å². The van der Waals surface area contributed by atoms with Gasteiger partial charge in [0.25, 0.3) is 0 Å². The SMILES string of the molecule is C1=Cc2c(n(-c3cccc4c3sc3ccc(-c5nc(-c6ccccc6)nc(-c6ccccc6)n5)cc34)c3cc(-c4ccccc4)ccc23)CC1. The Hall–Kier alpha value is -6.17. The maximum absolute atomic E-state index is 5.02. The molecule has 0 unspecified atom stereocenters. The molecule has 6 aromatic carbocycles. The Kier molecular flexibility index (Phi) is 6.78. The summed E-state index contributed by atoms with van der Waals surface area (Å²) in [6, 6.07) is 51.3. The van der Waals surface area contributed by atoms with Crippen LogP contribution < -0.4 is 0 Å². The lowest BCUT2D eigenvalue weighted by Gasteiger charge is -2.14. The smallest absolute Gasteiger partial charge is 0.164 e. The van der Waals surface area contributed by atoms with Crippen molar-refractivity contribution in [2.24, 2.45) is 0 Å². The number of rotatable bonds is 5. The van der Waals surface area contributed by atoms with Crippen molar-refractivity contribution in [1.82, 2.24) is 19.5 Å². The fourth-order valence-corrected chi connectivity index (χ4v) is 8.53. The summed E-state index contributed by atoms with van der Waals surface area (Å²) in [6.07, 6.45) is 6.69. The molecule has 5 heteroatoms. The highest BCUT2D eigenvalue weighted by Crippen LogP contribution is 2.43. The molecule has 10 rings (SSSR count). The van der Waals surface area contributed by atoms with Crippen LogP contribution >= 0.6 is 11.3 Å². The molecule has 0 saturated carbocycles. The minimum Gasteiger partial charge on any atom is -0.311 e. The quantitative estimate of drug-likeness (QED) is 0.185. The standard InChI is InChI=1S/C45H30N4S/c1-4-13-29(14-5-1)32-23-25-35-34-19-10-11-21-38(34)49(40(35)28-32)39-22-12-20-36-37-27-33(24-26-41(37)50-42(36)39)45-47-43(30-15-6-2-7-16-30)46-44(48-45)31-17-8-3-9-18-31/h1-10,12-20,22-28H,11,21H2. The van der Waals surface area contributed by atoms with E-state index in [0.717, 1.165) is 29.5 Å². The van der Waals surface area contributed by atoms with Crippen LogP contribution in [-0.4, -0.2) is 19.5 Å². The predicted octanol–water partition coefficient (Wildman–Crippen LogP) is 11.8. The first-order valence-electron chi connectivity index (χ1n) is 17.0. The van der Waals surface area contributed by atoms with Crippen molar-refractivity contribution in [2.75, 3.05) is 0 Å². The molecule has 0 bridgehead atoms. The molecule has 0 radical (unpaired) electrons. The van der Waals surface area contributed by atoms with E-state index in [4.69, 9.17) is 15.0 Å². The summed E-state index contributed by atoms with van der Waals surface area (Å²) < 4.78 is 5.06. The summed E-state index contributed by atoms with van der Waals surface area (Å²) in [5, 5.41) is 3.75. The highest BCUT2D eigenvalue weighted by atomic mass is 32.1. The van der Waals surface area contributed by atoms with Gasteiger partial charge >= 0.3 is 0 Å². The Morgan fingerprint density at radius 1 is 0.500 bits per heavy atom. The van der Waals surface area contributed by atoms with Crippen LogP contribution in [0.5, 0.6) is 0 Å². The minimum atomic E-state index is 0.667. The Bertz CT molecular complexity index is 2690. The monoisotopic (exact) mass is 658 g/mol. The van der Waals surface area contributed by atoms with Gasteiger partial charge in [0, 0.05) is 48.8 Å². The third-order valence-electron chi connectivity index (χ3n) is 9.72. The lowest BCUT2D eigenvalue weighted by atomic mass is 10.00. The second kappa shape index (κ2) is 11.8. The zero-order valence-electron chi connectivity index (χ0n) is 27.1. The fourth-order valence-electron chi connectivity index (χ4n) is 7.34. The van der Waals surface area contributed by atoms with Crippen LogP contribution in [0.25, 0.3) is 88.1 Å². The van der Waals surface area contributed by atoms with Gasteiger partial charge in [-0.1, -0.05) is 127 Å². The van der Waals surface area contributed by atoms with Crippen molar-refractivity contribution < 1.29 is 0 Å². The maximum atomic E-state index is 5.02. The Balaban J connectivity index is 1.16. The van der Waals surface area contributed by atoms with Gasteiger partial charge in [-0.25, -0.2) is 15.0 Å². The molecule has 3 heterocycles. The molecule has 50 heavy (non-hydrogen) atoms. The second-order valence-electron chi connectivity index (χ2n) is 12.7. The van der Waals surface area contributed by atoms with E-state index in [1.54, 1.807) is 0 Å². The zero-order valence-corrected chi connectivity index (χ0v) is 27.9. The van der Waals surface area contributed by atoms with Crippen molar-refractivity contribution >= 4 is 48.5 Å². The number of aromatic nitrogens is 4. The molecular weight excluding hydrogens is 629 g/mol. The van der Waals surface area contributed by atoms with E-state index in [1.165, 1.54) is 59.1 Å². The third kappa shape index (κ3) is 4.78. The van der Waals surface area contributed by atoms with E-state index >= 15 is 0 Å². The molecule has 0 N–H and O–H groups in total. The molecule has 3 aromatic heterocycles. The topological polar surface area (TPSA) is 43.6 Å². The molecule has 236 valence electrons. The molecule has 0 saturated heterocycles. The lowest BCUT2D eigenvalue weighted by Crippen LogP contribution is -2.03. The van der Waals surface area contributed by atoms with Gasteiger partial charge in [-0.15, -0.1) is 11.3 Å². The van der Waals surface area contributed by atoms with E-state index in [9.17, 15) is 0 Å². The molecule has 0 amide bonds. The van der Waals surface area contributed by atoms with Crippen LogP contribution in [0.4, 0.5) is 0 Å². The van der Waals surface area contributed by atoms with Gasteiger partial charge in [-0.2, -0.15) is 0 Å². The van der Waals surface area contributed by atoms with E-state index in [1.807, 2.05) is 72.0 Å². The van der Waals surface area contributed by atoms with Gasteiger partial charge in [0.2, 0.25) is 0 Å². The molecule has 1 aliphatic carbocycles. The molecule has 0 atom stereocenters. The number of allylic oxidation sites excluding steroid dienone is 1. The van der Waals surface area contributed by atoms with Crippen molar-refractivity contribution in [1.29, 1.82) is 0 Å². The van der Waals surface area contributed by atoms with Crippen molar-refractivity contribution in [3.05, 3.63) is 163 Å². The van der Waals surface area contributed by atoms with Crippen LogP contribution in [0, 0.1) is 0 Å². The minimum absolute atomic E-state index is 0.667. The van der Waals surface area contributed by atoms with Gasteiger partial charge < -0.3 is 4.57 Å². The number of fused-ring (bicyclic) bond motifs is 6. The Morgan fingerprint density at radius 3 is 1.84 bits per heavy atom. The molecule has 0 spiro atoms. The average Bonchev–Trinajstić information content (AvgIpc) is 3.74. The molecule has 1 aliphatic rings. The van der Waals surface area contributed by atoms with Crippen molar-refractivity contribution in [3.63, 3.8) is 0 Å². The first-order chi connectivity index (χ1) is 24.8. The summed E-state index contributed by atoms with van der Waals surface area (Å²) >= 11 is 1.86. The summed E-state index contributed by atoms with van der Waals surface area (Å²) in [4.78, 5) is 14.9. The third-order valence-corrected chi connectivity index (χ3v) is 10.9. The van der Waals surface area contributed by atoms with Crippen LogP contribution in [0.1, 0.15) is 17.7 Å². The van der Waals surface area contributed by atoms with Crippen molar-refractivity contribution in [2.45, 2.75) is 12.8 Å². The largest absolute Gasteiger partial charge is 0.311 e. The van der Waals surface area contributed by atoms with Gasteiger partial charge in [0.1, 0.15) is 0 Å². The van der Waals surface area contributed by atoms with Crippen LogP contribution in [0.2, 0.25) is 0 Å². The molecule has 4 nitrogen and oxygen atoms in total. The number of benzene rings is 6. The summed E-state index contributed by atoms with van der Waals surface area (Å²) in [7, 11) is 0. The highest BCUT2D eigenvalue weighted by molar-refractivity contribution is 7.26. The van der Waals surface area contributed by atoms with Gasteiger partial charge in [-0.05, 0) is 54.3 Å². The summed E-state index contributed by atoms with van der Waals surface area (Å²) in [5.74, 6) is 2.00. The van der Waals surface area contributed by atoms with Gasteiger partial charge in [-0.3, -0.25) is 0 Å². The lowest BCUT2D eigenvalue weighted by molar-refractivity contribution is 0.892. The van der Waals surface area contributed by atoms with Crippen LogP contribution in [0.15, 0.2) is 152 Å². The fraction of sp³-hybridized carbons (Fsp3) is 0.0444. The normalized spacial score (nSPS) is 12.6. The predicted molar refractivity (Wildman–Crippen MR) is 209 cm³/mol. The molecular formula is C45H30N4S. The van der Waals surface area contributed by atoms with Crippen LogP contribution in [-0.2, 0) is 6.42 Å². The summed E-state index contributed by atoms with van der Waals surface area (Å²) in [5.41, 5.74) is 10.6. The van der Waals surface area contributed by atoms with Crippen LogP contribution in [0.3, 0.4) is 0 Å². The molecule has 9 aromatic rings. The Labute approximate surface area is 293 Å². The average molecular weight is 659 g/mol. The van der Waals surface area contributed by atoms with Gasteiger partial charge in [0.15, 0.2) is 17.5 Å². The Morgan fingerprint density at radius 2 is 1.14 bits per heavy atom. The van der Waals surface area contributed by atoms with E-state index in [0.29, 0.717) is 17.5 Å². The van der Waals surface area contributed by atoms with E-state index < -0.39 is 0 Å².